The number of nitrogens with zero attached hydrogens (tertiary/aromatic N) is 3. The highest BCUT2D eigenvalue weighted by Gasteiger charge is 2.37. The maximum Gasteiger partial charge on any atom is 0.327 e. The summed E-state index contributed by atoms with van der Waals surface area (Å²) in [7, 11) is 0. The first kappa shape index (κ1) is 16.9. The van der Waals surface area contributed by atoms with Crippen molar-refractivity contribution in [3.63, 3.8) is 0 Å². The fourth-order valence-electron chi connectivity index (χ4n) is 2.99. The molecule has 24 heavy (non-hydrogen) atoms. The van der Waals surface area contributed by atoms with Crippen LogP contribution in [0, 0.1) is 0 Å². The number of hydrogen-bond acceptors (Lipinski definition) is 5. The lowest BCUT2D eigenvalue weighted by molar-refractivity contribution is -0.153. The number of piperazine rings is 1. The summed E-state index contributed by atoms with van der Waals surface area (Å²) in [5.41, 5.74) is 0. The molecule has 0 N–H and O–H groups in total. The van der Waals surface area contributed by atoms with Crippen molar-refractivity contribution in [1.82, 2.24) is 14.7 Å². The quantitative estimate of drug-likeness (QED) is 0.756. The maximum absolute atomic E-state index is 12.7. The third-order valence-electron chi connectivity index (χ3n) is 4.39. The van der Waals surface area contributed by atoms with Gasteiger partial charge in [-0.25, -0.2) is 4.79 Å². The minimum atomic E-state index is -0.715. The van der Waals surface area contributed by atoms with Gasteiger partial charge in [-0.2, -0.15) is 0 Å². The van der Waals surface area contributed by atoms with Crippen LogP contribution in [0.2, 0.25) is 0 Å². The number of urea groups is 1. The molecule has 3 rings (SSSR count). The maximum atomic E-state index is 12.7. The van der Waals surface area contributed by atoms with E-state index in [4.69, 9.17) is 4.42 Å². The molecule has 2 aliphatic rings. The topological polar surface area (TPSA) is 74.1 Å². The Kier molecular flexibility index (Phi) is 5.13. The lowest BCUT2D eigenvalue weighted by Crippen LogP contribution is -2.58. The molecule has 0 saturated carbocycles. The average Bonchev–Trinajstić information content (AvgIpc) is 3.01. The van der Waals surface area contributed by atoms with Crippen molar-refractivity contribution >= 4 is 29.6 Å². The van der Waals surface area contributed by atoms with Gasteiger partial charge < -0.3 is 14.2 Å². The molecule has 1 atom stereocenters. The summed E-state index contributed by atoms with van der Waals surface area (Å²) in [5, 5.41) is 0.215. The van der Waals surface area contributed by atoms with E-state index in [0.717, 1.165) is 22.8 Å². The number of carbonyl (C=O) groups is 3. The number of furan rings is 1. The predicted molar refractivity (Wildman–Crippen MR) is 89.5 cm³/mol. The van der Waals surface area contributed by atoms with Crippen molar-refractivity contribution in [3.8, 4) is 0 Å². The molecule has 7 nitrogen and oxygen atoms in total. The second-order valence-electron chi connectivity index (χ2n) is 5.77. The molecule has 3 heterocycles. The number of thioether (sulfide) groups is 1. The second kappa shape index (κ2) is 7.29. The summed E-state index contributed by atoms with van der Waals surface area (Å²) >= 11 is 1.75. The normalized spacial score (nSPS) is 22.7. The van der Waals surface area contributed by atoms with Gasteiger partial charge in [0.15, 0.2) is 0 Å². The van der Waals surface area contributed by atoms with Gasteiger partial charge in [-0.3, -0.25) is 14.5 Å². The number of amides is 4. The highest BCUT2D eigenvalue weighted by molar-refractivity contribution is 7.99. The van der Waals surface area contributed by atoms with E-state index >= 15 is 0 Å². The van der Waals surface area contributed by atoms with Gasteiger partial charge >= 0.3 is 17.8 Å². The minimum absolute atomic E-state index is 0.215. The fourth-order valence-corrected chi connectivity index (χ4v) is 4.17. The zero-order chi connectivity index (χ0) is 17.1. The first-order valence-corrected chi connectivity index (χ1v) is 9.21. The van der Waals surface area contributed by atoms with Crippen LogP contribution >= 0.6 is 11.8 Å². The average molecular weight is 351 g/mol. The van der Waals surface area contributed by atoms with E-state index in [1.165, 1.54) is 4.90 Å². The third kappa shape index (κ3) is 3.28. The van der Waals surface area contributed by atoms with Gasteiger partial charge in [-0.1, -0.05) is 0 Å². The molecule has 0 aliphatic carbocycles. The van der Waals surface area contributed by atoms with Crippen LogP contribution in [0.15, 0.2) is 22.8 Å². The monoisotopic (exact) mass is 351 g/mol. The first-order chi connectivity index (χ1) is 11.6. The van der Waals surface area contributed by atoms with Crippen molar-refractivity contribution in [3.05, 3.63) is 24.2 Å². The van der Waals surface area contributed by atoms with Gasteiger partial charge in [0.05, 0.1) is 11.5 Å². The Bertz CT molecular complexity index is 619. The van der Waals surface area contributed by atoms with Crippen LogP contribution in [0.4, 0.5) is 4.79 Å². The van der Waals surface area contributed by atoms with E-state index in [1.54, 1.807) is 22.9 Å². The van der Waals surface area contributed by atoms with Crippen LogP contribution < -0.4 is 0 Å². The molecule has 1 aromatic heterocycles. The number of imide groups is 1. The van der Waals surface area contributed by atoms with E-state index < -0.39 is 11.8 Å². The lowest BCUT2D eigenvalue weighted by Gasteiger charge is -2.34. The Hall–Kier alpha value is -1.96. The van der Waals surface area contributed by atoms with Gasteiger partial charge in [0, 0.05) is 38.5 Å². The largest absolute Gasteiger partial charge is 0.468 e. The van der Waals surface area contributed by atoms with Crippen molar-refractivity contribution in [2.24, 2.45) is 0 Å². The molecule has 0 radical (unpaired) electrons. The van der Waals surface area contributed by atoms with Crippen LogP contribution in [0.25, 0.3) is 0 Å². The highest BCUT2D eigenvalue weighted by atomic mass is 32.2. The molecule has 4 amide bonds. The van der Waals surface area contributed by atoms with E-state index in [2.05, 4.69) is 0 Å². The van der Waals surface area contributed by atoms with Crippen molar-refractivity contribution in [2.75, 3.05) is 38.5 Å². The molecular weight excluding hydrogens is 330 g/mol. The Labute approximate surface area is 144 Å². The number of rotatable bonds is 2. The number of likely N-dealkylation sites (N-methyl/N-ethyl adjacent to an activating group) is 1. The second-order valence-corrected chi connectivity index (χ2v) is 7.09. The summed E-state index contributed by atoms with van der Waals surface area (Å²) in [5.74, 6) is 0.383. The predicted octanol–water partition coefficient (Wildman–Crippen LogP) is 1.57. The molecule has 2 fully saturated rings. The summed E-state index contributed by atoms with van der Waals surface area (Å²) in [6, 6.07) is 3.45. The van der Waals surface area contributed by atoms with E-state index in [-0.39, 0.29) is 17.8 Å². The van der Waals surface area contributed by atoms with Crippen LogP contribution in [0.3, 0.4) is 0 Å². The standard InChI is InChI=1S/C16H21N3O4S/c1-2-17-7-8-19(15(21)14(17)20)16(22)18-6-5-13(24-11-9-18)12-4-3-10-23-12/h3-4,10,13H,2,5-9,11H2,1H3/t13-/m1/s1. The Morgan fingerprint density at radius 1 is 1.25 bits per heavy atom. The van der Waals surface area contributed by atoms with Crippen LogP contribution in [0.5, 0.6) is 0 Å². The van der Waals surface area contributed by atoms with Gasteiger partial charge in [0.2, 0.25) is 0 Å². The van der Waals surface area contributed by atoms with Crippen LogP contribution in [0.1, 0.15) is 24.4 Å². The Morgan fingerprint density at radius 2 is 2.08 bits per heavy atom. The molecule has 8 heteroatoms. The third-order valence-corrected chi connectivity index (χ3v) is 5.68. The van der Waals surface area contributed by atoms with Gasteiger partial charge in [-0.05, 0) is 25.5 Å². The minimum Gasteiger partial charge on any atom is -0.468 e. The summed E-state index contributed by atoms with van der Waals surface area (Å²) < 4.78 is 5.46. The molecule has 0 spiro atoms. The molecule has 2 aliphatic heterocycles. The molecule has 0 bridgehead atoms. The summed E-state index contributed by atoms with van der Waals surface area (Å²) in [6.45, 7) is 4.09. The van der Waals surface area contributed by atoms with Gasteiger partial charge in [-0.15, -0.1) is 11.8 Å². The Balaban J connectivity index is 1.63. The first-order valence-electron chi connectivity index (χ1n) is 8.16. The zero-order valence-electron chi connectivity index (χ0n) is 13.6. The van der Waals surface area contributed by atoms with E-state index in [1.807, 2.05) is 19.1 Å². The Morgan fingerprint density at radius 3 is 2.79 bits per heavy atom. The molecule has 0 aromatic carbocycles. The van der Waals surface area contributed by atoms with Crippen molar-refractivity contribution < 1.29 is 18.8 Å². The SMILES string of the molecule is CCN1CCN(C(=O)N2CCS[C@@H](c3ccco3)CC2)C(=O)C1=O. The fraction of sp³-hybridized carbons (Fsp3) is 0.562. The highest BCUT2D eigenvalue weighted by Crippen LogP contribution is 2.34. The molecular formula is C16H21N3O4S. The summed E-state index contributed by atoms with van der Waals surface area (Å²) in [6.07, 6.45) is 2.42. The van der Waals surface area contributed by atoms with E-state index in [0.29, 0.717) is 26.2 Å². The number of hydrogen-bond donors (Lipinski definition) is 0. The number of carbonyl (C=O) groups excluding carboxylic acids is 3. The molecule has 0 unspecified atom stereocenters. The van der Waals surface area contributed by atoms with E-state index in [9.17, 15) is 14.4 Å². The van der Waals surface area contributed by atoms with Gasteiger partial charge in [0.25, 0.3) is 0 Å². The molecule has 130 valence electrons. The van der Waals surface area contributed by atoms with Crippen molar-refractivity contribution in [2.45, 2.75) is 18.6 Å². The summed E-state index contributed by atoms with van der Waals surface area (Å²) in [4.78, 5) is 41.1. The van der Waals surface area contributed by atoms with Crippen LogP contribution in [-0.4, -0.2) is 71.0 Å². The molecule has 1 aromatic rings. The molecule has 2 saturated heterocycles. The smallest absolute Gasteiger partial charge is 0.327 e. The van der Waals surface area contributed by atoms with Crippen LogP contribution in [-0.2, 0) is 9.59 Å². The van der Waals surface area contributed by atoms with Crippen molar-refractivity contribution in [1.29, 1.82) is 0 Å². The zero-order valence-corrected chi connectivity index (χ0v) is 14.5. The van der Waals surface area contributed by atoms with Gasteiger partial charge in [0.1, 0.15) is 5.76 Å². The lowest BCUT2D eigenvalue weighted by atomic mass is 10.2.